The SMILES string of the molecule is CC(C)(C)OC(=O)COc1ccc(C(F)(F)F)cc1-c1ccc(C(=O)N2CCCC2)c(F)c1. The minimum Gasteiger partial charge on any atom is -0.481 e. The number of likely N-dealkylation sites (tertiary alicyclic amines) is 1. The lowest BCUT2D eigenvalue weighted by Gasteiger charge is -2.20. The van der Waals surface area contributed by atoms with Crippen LogP contribution >= 0.6 is 0 Å². The molecular weight excluding hydrogens is 442 g/mol. The number of ether oxygens (including phenoxy) is 2. The van der Waals surface area contributed by atoms with Gasteiger partial charge in [0, 0.05) is 18.7 Å². The van der Waals surface area contributed by atoms with Crippen molar-refractivity contribution in [1.29, 1.82) is 0 Å². The summed E-state index contributed by atoms with van der Waals surface area (Å²) in [5.74, 6) is -2.06. The molecule has 0 bridgehead atoms. The molecule has 5 nitrogen and oxygen atoms in total. The van der Waals surface area contributed by atoms with Crippen molar-refractivity contribution in [2.75, 3.05) is 19.7 Å². The number of benzene rings is 2. The second-order valence-corrected chi connectivity index (χ2v) is 8.78. The molecule has 9 heteroatoms. The van der Waals surface area contributed by atoms with E-state index < -0.39 is 41.6 Å². The summed E-state index contributed by atoms with van der Waals surface area (Å²) >= 11 is 0. The van der Waals surface area contributed by atoms with Gasteiger partial charge in [0.15, 0.2) is 6.61 Å². The average molecular weight is 467 g/mol. The van der Waals surface area contributed by atoms with Crippen molar-refractivity contribution >= 4 is 11.9 Å². The second kappa shape index (κ2) is 9.41. The highest BCUT2D eigenvalue weighted by atomic mass is 19.4. The molecule has 0 atom stereocenters. The van der Waals surface area contributed by atoms with Crippen LogP contribution in [0.15, 0.2) is 36.4 Å². The number of carbonyl (C=O) groups excluding carboxylic acids is 2. The standard InChI is InChI=1S/C24H25F4NO4/c1-23(2,3)33-21(30)14-32-20-9-7-16(24(26,27)28)13-18(20)15-6-8-17(19(25)12-15)22(31)29-10-4-5-11-29/h6-9,12-13H,4-5,10-11,14H2,1-3H3. The zero-order chi connectivity index (χ0) is 24.4. The third-order valence-corrected chi connectivity index (χ3v) is 4.98. The van der Waals surface area contributed by atoms with Gasteiger partial charge in [-0.3, -0.25) is 4.79 Å². The van der Waals surface area contributed by atoms with Gasteiger partial charge in [0.2, 0.25) is 0 Å². The van der Waals surface area contributed by atoms with Gasteiger partial charge in [-0.15, -0.1) is 0 Å². The number of alkyl halides is 3. The Labute approximate surface area is 189 Å². The van der Waals surface area contributed by atoms with Gasteiger partial charge in [0.1, 0.15) is 17.2 Å². The minimum atomic E-state index is -4.64. The molecule has 2 aromatic carbocycles. The highest BCUT2D eigenvalue weighted by Gasteiger charge is 2.32. The Morgan fingerprint density at radius 3 is 2.24 bits per heavy atom. The Balaban J connectivity index is 1.93. The van der Waals surface area contributed by atoms with Crippen molar-refractivity contribution in [3.8, 4) is 16.9 Å². The number of nitrogens with zero attached hydrogens (tertiary/aromatic N) is 1. The van der Waals surface area contributed by atoms with E-state index in [0.29, 0.717) is 13.1 Å². The molecule has 178 valence electrons. The van der Waals surface area contributed by atoms with Crippen LogP contribution in [0.5, 0.6) is 5.75 Å². The number of carbonyl (C=O) groups is 2. The van der Waals surface area contributed by atoms with Gasteiger partial charge >= 0.3 is 12.1 Å². The lowest BCUT2D eigenvalue weighted by Crippen LogP contribution is -2.28. The van der Waals surface area contributed by atoms with Crippen LogP contribution in [0.4, 0.5) is 17.6 Å². The number of hydrogen-bond donors (Lipinski definition) is 0. The maximum Gasteiger partial charge on any atom is 0.416 e. The van der Waals surface area contributed by atoms with Gasteiger partial charge < -0.3 is 14.4 Å². The van der Waals surface area contributed by atoms with Crippen LogP contribution in [0.25, 0.3) is 11.1 Å². The molecule has 1 aliphatic rings. The summed E-state index contributed by atoms with van der Waals surface area (Å²) in [5.41, 5.74) is -1.85. The summed E-state index contributed by atoms with van der Waals surface area (Å²) in [6, 6.07) is 6.32. The summed E-state index contributed by atoms with van der Waals surface area (Å²) < 4.78 is 65.3. The molecule has 0 radical (unpaired) electrons. The van der Waals surface area contributed by atoms with Crippen LogP contribution < -0.4 is 4.74 Å². The molecule has 0 aliphatic carbocycles. The fourth-order valence-electron chi connectivity index (χ4n) is 3.51. The summed E-state index contributed by atoms with van der Waals surface area (Å²) in [5, 5.41) is 0. The smallest absolute Gasteiger partial charge is 0.416 e. The lowest BCUT2D eigenvalue weighted by molar-refractivity contribution is -0.157. The molecule has 0 aromatic heterocycles. The third kappa shape index (κ3) is 6.24. The fraction of sp³-hybridized carbons (Fsp3) is 0.417. The molecular formula is C24H25F4NO4. The van der Waals surface area contributed by atoms with Crippen molar-refractivity contribution in [2.24, 2.45) is 0 Å². The normalized spacial score (nSPS) is 14.3. The number of hydrogen-bond acceptors (Lipinski definition) is 4. The maximum absolute atomic E-state index is 14.8. The van der Waals surface area contributed by atoms with E-state index in [9.17, 15) is 27.2 Å². The monoisotopic (exact) mass is 467 g/mol. The van der Waals surface area contributed by atoms with E-state index in [1.54, 1.807) is 20.8 Å². The van der Waals surface area contributed by atoms with Gasteiger partial charge in [-0.2, -0.15) is 13.2 Å². The van der Waals surface area contributed by atoms with Gasteiger partial charge in [-0.25, -0.2) is 9.18 Å². The molecule has 1 saturated heterocycles. The van der Waals surface area contributed by atoms with Crippen LogP contribution in [0.1, 0.15) is 49.5 Å². The largest absolute Gasteiger partial charge is 0.481 e. The van der Waals surface area contributed by atoms with Crippen molar-refractivity contribution < 1.29 is 36.6 Å². The van der Waals surface area contributed by atoms with Gasteiger partial charge in [-0.1, -0.05) is 6.07 Å². The van der Waals surface area contributed by atoms with Crippen LogP contribution in [0, 0.1) is 5.82 Å². The predicted octanol–water partition coefficient (Wildman–Crippen LogP) is 5.47. The number of esters is 1. The third-order valence-electron chi connectivity index (χ3n) is 4.98. The molecule has 0 N–H and O–H groups in total. The summed E-state index contributed by atoms with van der Waals surface area (Å²) in [4.78, 5) is 26.0. The van der Waals surface area contributed by atoms with E-state index in [2.05, 4.69) is 0 Å². The summed E-state index contributed by atoms with van der Waals surface area (Å²) in [7, 11) is 0. The van der Waals surface area contributed by atoms with Crippen molar-refractivity contribution in [3.63, 3.8) is 0 Å². The van der Waals surface area contributed by atoms with Crippen molar-refractivity contribution in [3.05, 3.63) is 53.3 Å². The molecule has 1 amide bonds. The molecule has 2 aromatic rings. The van der Waals surface area contributed by atoms with Crippen LogP contribution in [0.2, 0.25) is 0 Å². The van der Waals surface area contributed by atoms with Crippen LogP contribution in [-0.4, -0.2) is 42.1 Å². The number of halogens is 4. The first kappa shape index (κ1) is 24.5. The predicted molar refractivity (Wildman–Crippen MR) is 113 cm³/mol. The average Bonchev–Trinajstić information content (AvgIpc) is 3.24. The van der Waals surface area contributed by atoms with E-state index in [1.165, 1.54) is 17.0 Å². The Bertz CT molecular complexity index is 1040. The highest BCUT2D eigenvalue weighted by Crippen LogP contribution is 2.38. The zero-order valence-electron chi connectivity index (χ0n) is 18.6. The maximum atomic E-state index is 14.8. The molecule has 0 spiro atoms. The van der Waals surface area contributed by atoms with E-state index >= 15 is 0 Å². The molecule has 1 aliphatic heterocycles. The van der Waals surface area contributed by atoms with E-state index in [-0.39, 0.29) is 22.4 Å². The van der Waals surface area contributed by atoms with Gasteiger partial charge in [0.05, 0.1) is 11.1 Å². The van der Waals surface area contributed by atoms with Gasteiger partial charge in [0.25, 0.3) is 5.91 Å². The zero-order valence-corrected chi connectivity index (χ0v) is 18.6. The second-order valence-electron chi connectivity index (χ2n) is 8.78. The Morgan fingerprint density at radius 2 is 1.67 bits per heavy atom. The quantitative estimate of drug-likeness (QED) is 0.432. The van der Waals surface area contributed by atoms with E-state index in [1.807, 2.05) is 0 Å². The number of amides is 1. The topological polar surface area (TPSA) is 55.8 Å². The number of rotatable bonds is 5. The molecule has 1 fully saturated rings. The molecule has 3 rings (SSSR count). The Kier molecular flexibility index (Phi) is 7.00. The first-order valence-corrected chi connectivity index (χ1v) is 10.5. The lowest BCUT2D eigenvalue weighted by atomic mass is 9.99. The Morgan fingerprint density at radius 1 is 1.00 bits per heavy atom. The molecule has 1 heterocycles. The first-order valence-electron chi connectivity index (χ1n) is 10.5. The Hall–Kier alpha value is -3.10. The summed E-state index contributed by atoms with van der Waals surface area (Å²) in [6.45, 7) is 5.54. The molecule has 0 unspecified atom stereocenters. The van der Waals surface area contributed by atoms with Crippen molar-refractivity contribution in [1.82, 2.24) is 4.90 Å². The van der Waals surface area contributed by atoms with Crippen LogP contribution in [-0.2, 0) is 15.7 Å². The van der Waals surface area contributed by atoms with E-state index in [4.69, 9.17) is 9.47 Å². The summed E-state index contributed by atoms with van der Waals surface area (Å²) in [6.07, 6.45) is -2.95. The van der Waals surface area contributed by atoms with Crippen molar-refractivity contribution in [2.45, 2.75) is 45.4 Å². The fourth-order valence-corrected chi connectivity index (χ4v) is 3.51. The molecule has 0 saturated carbocycles. The van der Waals surface area contributed by atoms with Crippen LogP contribution in [0.3, 0.4) is 0 Å². The highest BCUT2D eigenvalue weighted by molar-refractivity contribution is 5.95. The molecule has 33 heavy (non-hydrogen) atoms. The van der Waals surface area contributed by atoms with E-state index in [0.717, 1.165) is 37.1 Å². The minimum absolute atomic E-state index is 0.0492. The van der Waals surface area contributed by atoms with Gasteiger partial charge in [-0.05, 0) is 69.5 Å². The first-order chi connectivity index (χ1) is 15.3.